The van der Waals surface area contributed by atoms with Crippen molar-refractivity contribution < 1.29 is 19.2 Å². The summed E-state index contributed by atoms with van der Waals surface area (Å²) in [5, 5.41) is 14.5. The molecular formula is C8H12N4O4. The lowest BCUT2D eigenvalue weighted by molar-refractivity contribution is -0.137. The van der Waals surface area contributed by atoms with Crippen molar-refractivity contribution in [3.63, 3.8) is 0 Å². The number of carboxylic acid groups (broad SMARTS) is 1. The van der Waals surface area contributed by atoms with Crippen LogP contribution in [0.15, 0.2) is 10.9 Å². The molecule has 0 fully saturated rings. The van der Waals surface area contributed by atoms with Crippen LogP contribution in [-0.2, 0) is 11.3 Å². The Morgan fingerprint density at radius 2 is 2.38 bits per heavy atom. The molecule has 0 aliphatic heterocycles. The maximum atomic E-state index is 11.5. The molecule has 1 rings (SSSR count). The Morgan fingerprint density at radius 3 is 2.88 bits per heavy atom. The molecule has 0 bridgehead atoms. The second-order valence-corrected chi connectivity index (χ2v) is 2.91. The van der Waals surface area contributed by atoms with Crippen molar-refractivity contribution in [1.82, 2.24) is 20.4 Å². The summed E-state index contributed by atoms with van der Waals surface area (Å²) in [7, 11) is 0. The zero-order valence-electron chi connectivity index (χ0n) is 8.71. The Morgan fingerprint density at radius 1 is 1.62 bits per heavy atom. The van der Waals surface area contributed by atoms with Gasteiger partial charge in [0.15, 0.2) is 5.82 Å². The number of hydrogen-bond donors (Lipinski definition) is 2. The first-order chi connectivity index (χ1) is 7.63. The lowest BCUT2D eigenvalue weighted by atomic mass is 10.5. The number of urea groups is 1. The summed E-state index contributed by atoms with van der Waals surface area (Å²) in [5.41, 5.74) is 0. The Kier molecular flexibility index (Phi) is 4.25. The summed E-state index contributed by atoms with van der Waals surface area (Å²) in [4.78, 5) is 26.8. The van der Waals surface area contributed by atoms with Crippen molar-refractivity contribution >= 4 is 12.0 Å². The molecule has 0 aliphatic rings. The molecule has 2 N–H and O–H groups in total. The number of carbonyl (C=O) groups excluding carboxylic acids is 1. The monoisotopic (exact) mass is 228 g/mol. The van der Waals surface area contributed by atoms with Gasteiger partial charge in [-0.25, -0.2) is 4.79 Å². The minimum absolute atomic E-state index is 0.103. The molecule has 0 radical (unpaired) electrons. The average molecular weight is 228 g/mol. The Balaban J connectivity index is 2.40. The summed E-state index contributed by atoms with van der Waals surface area (Å²) >= 11 is 0. The number of aromatic nitrogens is 2. The highest BCUT2D eigenvalue weighted by Gasteiger charge is 2.14. The first-order valence-electron chi connectivity index (χ1n) is 4.63. The number of nitrogens with zero attached hydrogens (tertiary/aromatic N) is 3. The van der Waals surface area contributed by atoms with Gasteiger partial charge in [-0.15, -0.1) is 0 Å². The molecule has 0 spiro atoms. The molecule has 0 aliphatic carbocycles. The van der Waals surface area contributed by atoms with Crippen molar-refractivity contribution in [2.24, 2.45) is 0 Å². The van der Waals surface area contributed by atoms with Crippen molar-refractivity contribution in [3.8, 4) is 0 Å². The molecular weight excluding hydrogens is 216 g/mol. The van der Waals surface area contributed by atoms with Gasteiger partial charge in [0.25, 0.3) is 0 Å². The lowest BCUT2D eigenvalue weighted by Gasteiger charge is -2.18. The summed E-state index contributed by atoms with van der Waals surface area (Å²) in [6, 6.07) is -0.477. The molecule has 2 amide bonds. The quantitative estimate of drug-likeness (QED) is 0.715. The zero-order valence-corrected chi connectivity index (χ0v) is 8.71. The topological polar surface area (TPSA) is 109 Å². The van der Waals surface area contributed by atoms with Crippen LogP contribution < -0.4 is 5.32 Å². The number of nitrogens with one attached hydrogen (secondary N) is 1. The molecule has 1 heterocycles. The Hall–Kier alpha value is -2.12. The predicted octanol–water partition coefficient (Wildman–Crippen LogP) is -0.314. The predicted molar refractivity (Wildman–Crippen MR) is 51.4 cm³/mol. The molecule has 0 saturated heterocycles. The van der Waals surface area contributed by atoms with Crippen LogP contribution >= 0.6 is 0 Å². The first kappa shape index (κ1) is 12.0. The van der Waals surface area contributed by atoms with E-state index in [1.54, 1.807) is 6.92 Å². The van der Waals surface area contributed by atoms with Crippen LogP contribution in [0.2, 0.25) is 0 Å². The molecule has 8 heteroatoms. The smallest absolute Gasteiger partial charge is 0.323 e. The van der Waals surface area contributed by atoms with Crippen LogP contribution in [0, 0.1) is 0 Å². The van der Waals surface area contributed by atoms with Gasteiger partial charge in [-0.3, -0.25) is 4.79 Å². The number of carboxylic acids is 1. The first-order valence-corrected chi connectivity index (χ1v) is 4.63. The average Bonchev–Trinajstić information content (AvgIpc) is 2.75. The largest absolute Gasteiger partial charge is 0.480 e. The number of likely N-dealkylation sites (N-methyl/N-ethyl adjacent to an activating group) is 1. The maximum Gasteiger partial charge on any atom is 0.323 e. The molecule has 0 saturated carbocycles. The zero-order chi connectivity index (χ0) is 12.0. The minimum Gasteiger partial charge on any atom is -0.480 e. The fraction of sp³-hybridized carbons (Fsp3) is 0.500. The molecule has 88 valence electrons. The van der Waals surface area contributed by atoms with E-state index in [9.17, 15) is 9.59 Å². The molecule has 16 heavy (non-hydrogen) atoms. The van der Waals surface area contributed by atoms with Gasteiger partial charge in [-0.1, -0.05) is 5.16 Å². The lowest BCUT2D eigenvalue weighted by Crippen LogP contribution is -2.42. The highest BCUT2D eigenvalue weighted by atomic mass is 16.5. The highest BCUT2D eigenvalue weighted by molar-refractivity contribution is 5.79. The van der Waals surface area contributed by atoms with E-state index in [1.807, 2.05) is 0 Å². The van der Waals surface area contributed by atoms with Crippen molar-refractivity contribution in [3.05, 3.63) is 12.2 Å². The fourth-order valence-electron chi connectivity index (χ4n) is 1.03. The van der Waals surface area contributed by atoms with Crippen LogP contribution in [0.1, 0.15) is 12.7 Å². The summed E-state index contributed by atoms with van der Waals surface area (Å²) in [6.45, 7) is 1.77. The van der Waals surface area contributed by atoms with Crippen molar-refractivity contribution in [2.45, 2.75) is 13.5 Å². The summed E-state index contributed by atoms with van der Waals surface area (Å²) in [6.07, 6.45) is 1.15. The molecule has 0 atom stereocenters. The third-order valence-electron chi connectivity index (χ3n) is 1.80. The molecule has 0 aromatic carbocycles. The molecule has 1 aromatic heterocycles. The standard InChI is InChI=1S/C8H12N4O4/c1-2-12(4-7(13)14)8(15)9-3-6-10-5-16-11-6/h5H,2-4H2,1H3,(H,9,15)(H,13,14). The van der Waals surface area contributed by atoms with Crippen molar-refractivity contribution in [1.29, 1.82) is 0 Å². The molecule has 1 aromatic rings. The normalized spacial score (nSPS) is 9.81. The van der Waals surface area contributed by atoms with Crippen LogP contribution in [-0.4, -0.2) is 45.2 Å². The van der Waals surface area contributed by atoms with E-state index in [4.69, 9.17) is 5.11 Å². The van der Waals surface area contributed by atoms with Crippen LogP contribution in [0.5, 0.6) is 0 Å². The highest BCUT2D eigenvalue weighted by Crippen LogP contribution is 1.92. The molecule has 0 unspecified atom stereocenters. The third-order valence-corrected chi connectivity index (χ3v) is 1.80. The van der Waals surface area contributed by atoms with E-state index < -0.39 is 12.0 Å². The van der Waals surface area contributed by atoms with Crippen LogP contribution in [0.25, 0.3) is 0 Å². The second kappa shape index (κ2) is 5.69. The van der Waals surface area contributed by atoms with Crippen LogP contribution in [0.3, 0.4) is 0 Å². The summed E-state index contributed by atoms with van der Waals surface area (Å²) < 4.78 is 4.48. The fourth-order valence-corrected chi connectivity index (χ4v) is 1.03. The van der Waals surface area contributed by atoms with E-state index in [-0.39, 0.29) is 13.1 Å². The Labute approximate surface area is 91.2 Å². The number of carbonyl (C=O) groups is 2. The van der Waals surface area contributed by atoms with Gasteiger partial charge in [-0.05, 0) is 6.92 Å². The van der Waals surface area contributed by atoms with E-state index in [0.29, 0.717) is 12.4 Å². The van der Waals surface area contributed by atoms with Gasteiger partial charge >= 0.3 is 12.0 Å². The van der Waals surface area contributed by atoms with Crippen molar-refractivity contribution in [2.75, 3.05) is 13.1 Å². The van der Waals surface area contributed by atoms with Gasteiger partial charge in [0.2, 0.25) is 6.39 Å². The number of amides is 2. The Bertz CT molecular complexity index is 351. The van der Waals surface area contributed by atoms with E-state index >= 15 is 0 Å². The molecule has 8 nitrogen and oxygen atoms in total. The second-order valence-electron chi connectivity index (χ2n) is 2.91. The van der Waals surface area contributed by atoms with Gasteiger partial charge in [0, 0.05) is 6.54 Å². The van der Waals surface area contributed by atoms with E-state index in [1.165, 1.54) is 0 Å². The van der Waals surface area contributed by atoms with Gasteiger partial charge < -0.3 is 19.8 Å². The van der Waals surface area contributed by atoms with E-state index in [2.05, 4.69) is 20.0 Å². The summed E-state index contributed by atoms with van der Waals surface area (Å²) in [5.74, 6) is -0.726. The van der Waals surface area contributed by atoms with Gasteiger partial charge in [-0.2, -0.15) is 4.98 Å². The third kappa shape index (κ3) is 3.56. The van der Waals surface area contributed by atoms with Crippen LogP contribution in [0.4, 0.5) is 4.79 Å². The number of hydrogen-bond acceptors (Lipinski definition) is 5. The number of aliphatic carboxylic acids is 1. The van der Waals surface area contributed by atoms with Gasteiger partial charge in [0.05, 0.1) is 6.54 Å². The minimum atomic E-state index is -1.06. The van der Waals surface area contributed by atoms with Gasteiger partial charge in [0.1, 0.15) is 6.54 Å². The SMILES string of the molecule is CCN(CC(=O)O)C(=O)NCc1ncon1. The maximum absolute atomic E-state index is 11.5. The number of rotatable bonds is 5. The van der Waals surface area contributed by atoms with E-state index in [0.717, 1.165) is 11.3 Å².